The lowest BCUT2D eigenvalue weighted by molar-refractivity contribution is -0.140. The topological polar surface area (TPSA) is 75.6 Å². The van der Waals surface area contributed by atoms with Gasteiger partial charge in [0.2, 0.25) is 5.91 Å². The molecule has 16 heavy (non-hydrogen) atoms. The number of hydrogen-bond donors (Lipinski definition) is 2. The van der Waals surface area contributed by atoms with Crippen molar-refractivity contribution in [3.63, 3.8) is 0 Å². The lowest BCUT2D eigenvalue weighted by Gasteiger charge is -2.19. The molecule has 0 aromatic carbocycles. The summed E-state index contributed by atoms with van der Waals surface area (Å²) >= 11 is 0. The maximum atomic E-state index is 11.7. The van der Waals surface area contributed by atoms with Crippen LogP contribution in [0, 0.1) is 17.8 Å². The van der Waals surface area contributed by atoms with Crippen molar-refractivity contribution in [1.82, 2.24) is 5.32 Å². The zero-order valence-corrected chi connectivity index (χ0v) is 9.31. The van der Waals surface area contributed by atoms with Crippen LogP contribution in [0.15, 0.2) is 0 Å². The van der Waals surface area contributed by atoms with Gasteiger partial charge in [0.25, 0.3) is 0 Å². The molecule has 0 spiro atoms. The molecular formula is C11H17NO4. The predicted molar refractivity (Wildman–Crippen MR) is 55.8 cm³/mol. The molecule has 1 aliphatic carbocycles. The zero-order chi connectivity index (χ0) is 11.7. The summed E-state index contributed by atoms with van der Waals surface area (Å²) in [6.07, 6.45) is 1.45. The Morgan fingerprint density at radius 2 is 2.19 bits per heavy atom. The first-order chi connectivity index (χ1) is 7.59. The molecular weight excluding hydrogens is 210 g/mol. The average Bonchev–Trinajstić information content (AvgIpc) is 2.85. The molecule has 4 unspecified atom stereocenters. The smallest absolute Gasteiger partial charge is 0.307 e. The van der Waals surface area contributed by atoms with Crippen LogP contribution < -0.4 is 5.32 Å². The molecule has 0 aromatic rings. The van der Waals surface area contributed by atoms with Crippen molar-refractivity contribution in [2.45, 2.75) is 25.8 Å². The van der Waals surface area contributed by atoms with E-state index in [4.69, 9.17) is 9.84 Å². The van der Waals surface area contributed by atoms with Gasteiger partial charge < -0.3 is 15.2 Å². The summed E-state index contributed by atoms with van der Waals surface area (Å²) in [6, 6.07) is 0.0741. The normalized spacial score (nSPS) is 34.4. The fourth-order valence-corrected chi connectivity index (χ4v) is 2.15. The van der Waals surface area contributed by atoms with Crippen LogP contribution in [-0.4, -0.2) is 36.2 Å². The molecule has 4 atom stereocenters. The maximum Gasteiger partial charge on any atom is 0.307 e. The van der Waals surface area contributed by atoms with Crippen LogP contribution >= 0.6 is 0 Å². The summed E-state index contributed by atoms with van der Waals surface area (Å²) < 4.78 is 5.25. The van der Waals surface area contributed by atoms with Crippen molar-refractivity contribution in [1.29, 1.82) is 0 Å². The van der Waals surface area contributed by atoms with E-state index >= 15 is 0 Å². The van der Waals surface area contributed by atoms with Crippen molar-refractivity contribution in [2.75, 3.05) is 13.2 Å². The van der Waals surface area contributed by atoms with Crippen LogP contribution in [0.1, 0.15) is 19.8 Å². The first-order valence-electron chi connectivity index (χ1n) is 5.70. The molecule has 2 rings (SSSR count). The molecule has 2 fully saturated rings. The molecule has 2 aliphatic rings. The summed E-state index contributed by atoms with van der Waals surface area (Å²) in [5.74, 6) is -1.40. The van der Waals surface area contributed by atoms with E-state index in [1.807, 2.05) is 6.92 Å². The molecule has 5 nitrogen and oxygen atoms in total. The average molecular weight is 227 g/mol. The predicted octanol–water partition coefficient (Wildman–Crippen LogP) is 0.248. The fourth-order valence-electron chi connectivity index (χ4n) is 2.15. The van der Waals surface area contributed by atoms with E-state index in [0.717, 1.165) is 13.0 Å². The third-order valence-corrected chi connectivity index (χ3v) is 3.49. The van der Waals surface area contributed by atoms with E-state index in [2.05, 4.69) is 5.32 Å². The number of carboxylic acid groups (broad SMARTS) is 1. The van der Waals surface area contributed by atoms with Crippen LogP contribution in [0.5, 0.6) is 0 Å². The highest BCUT2D eigenvalue weighted by atomic mass is 16.5. The third-order valence-electron chi connectivity index (χ3n) is 3.49. The van der Waals surface area contributed by atoms with Crippen LogP contribution in [0.25, 0.3) is 0 Å². The number of ether oxygens (including phenoxy) is 1. The summed E-state index contributed by atoms with van der Waals surface area (Å²) in [7, 11) is 0. The minimum Gasteiger partial charge on any atom is -0.481 e. The van der Waals surface area contributed by atoms with Crippen molar-refractivity contribution in [3.05, 3.63) is 0 Å². The van der Waals surface area contributed by atoms with Gasteiger partial charge in [-0.1, -0.05) is 0 Å². The van der Waals surface area contributed by atoms with E-state index in [9.17, 15) is 9.59 Å². The van der Waals surface area contributed by atoms with Gasteiger partial charge in [0.05, 0.1) is 18.4 Å². The summed E-state index contributed by atoms with van der Waals surface area (Å²) in [4.78, 5) is 22.3. The van der Waals surface area contributed by atoms with Gasteiger partial charge in [-0.2, -0.15) is 0 Å². The number of carboxylic acids is 1. The number of carbonyl (C=O) groups excluding carboxylic acids is 1. The van der Waals surface area contributed by atoms with Crippen LogP contribution in [0.4, 0.5) is 0 Å². The Bertz CT molecular complexity index is 298. The minimum absolute atomic E-state index is 0.0741. The van der Waals surface area contributed by atoms with Gasteiger partial charge in [0, 0.05) is 18.6 Å². The van der Waals surface area contributed by atoms with Gasteiger partial charge in [-0.25, -0.2) is 0 Å². The first-order valence-corrected chi connectivity index (χ1v) is 5.70. The van der Waals surface area contributed by atoms with Gasteiger partial charge >= 0.3 is 5.97 Å². The molecule has 1 saturated carbocycles. The second-order valence-corrected chi connectivity index (χ2v) is 4.71. The quantitative estimate of drug-likeness (QED) is 0.721. The lowest BCUT2D eigenvalue weighted by atomic mass is 10.0. The third kappa shape index (κ3) is 2.35. The molecule has 1 heterocycles. The highest BCUT2D eigenvalue weighted by molar-refractivity contribution is 5.89. The standard InChI is InChI=1S/C11H17NO4/c1-6(7-2-3-16-5-7)12-10(13)8-4-9(8)11(14)15/h6-9H,2-5H2,1H3,(H,12,13)(H,14,15). The Hall–Kier alpha value is -1.10. The van der Waals surface area contributed by atoms with Crippen LogP contribution in [0.3, 0.4) is 0 Å². The molecule has 0 radical (unpaired) electrons. The molecule has 1 aliphatic heterocycles. The van der Waals surface area contributed by atoms with E-state index in [0.29, 0.717) is 18.9 Å². The molecule has 1 saturated heterocycles. The SMILES string of the molecule is CC(NC(=O)C1CC1C(=O)O)C1CCOC1. The van der Waals surface area contributed by atoms with Gasteiger partial charge in [0.1, 0.15) is 0 Å². The van der Waals surface area contributed by atoms with Gasteiger partial charge in [-0.05, 0) is 19.8 Å². The highest BCUT2D eigenvalue weighted by Gasteiger charge is 2.48. The highest BCUT2D eigenvalue weighted by Crippen LogP contribution is 2.38. The minimum atomic E-state index is -0.864. The van der Waals surface area contributed by atoms with Crippen molar-refractivity contribution in [3.8, 4) is 0 Å². The Morgan fingerprint density at radius 1 is 1.44 bits per heavy atom. The summed E-state index contributed by atoms with van der Waals surface area (Å²) in [6.45, 7) is 3.40. The molecule has 2 N–H and O–H groups in total. The number of amides is 1. The van der Waals surface area contributed by atoms with Crippen molar-refractivity contribution < 1.29 is 19.4 Å². The largest absolute Gasteiger partial charge is 0.481 e. The summed E-state index contributed by atoms with van der Waals surface area (Å²) in [5.41, 5.74) is 0. The fraction of sp³-hybridized carbons (Fsp3) is 0.818. The number of aliphatic carboxylic acids is 1. The first kappa shape index (κ1) is 11.4. The monoisotopic (exact) mass is 227 g/mol. The molecule has 0 bridgehead atoms. The molecule has 90 valence electrons. The van der Waals surface area contributed by atoms with E-state index in [1.54, 1.807) is 0 Å². The van der Waals surface area contributed by atoms with Crippen LogP contribution in [0.2, 0.25) is 0 Å². The second-order valence-electron chi connectivity index (χ2n) is 4.71. The number of nitrogens with one attached hydrogen (secondary N) is 1. The van der Waals surface area contributed by atoms with Gasteiger partial charge in [0.15, 0.2) is 0 Å². The zero-order valence-electron chi connectivity index (χ0n) is 9.31. The Morgan fingerprint density at radius 3 is 2.69 bits per heavy atom. The van der Waals surface area contributed by atoms with Crippen molar-refractivity contribution >= 4 is 11.9 Å². The van der Waals surface area contributed by atoms with Gasteiger partial charge in [-0.3, -0.25) is 9.59 Å². The van der Waals surface area contributed by atoms with E-state index in [1.165, 1.54) is 0 Å². The Kier molecular flexibility index (Phi) is 3.14. The molecule has 1 amide bonds. The van der Waals surface area contributed by atoms with E-state index in [-0.39, 0.29) is 17.9 Å². The number of rotatable bonds is 4. The molecule has 0 aromatic heterocycles. The lowest BCUT2D eigenvalue weighted by Crippen LogP contribution is -2.39. The number of hydrogen-bond acceptors (Lipinski definition) is 3. The van der Waals surface area contributed by atoms with Crippen LogP contribution in [-0.2, 0) is 14.3 Å². The Labute approximate surface area is 94.2 Å². The second kappa shape index (κ2) is 4.41. The van der Waals surface area contributed by atoms with Crippen molar-refractivity contribution in [2.24, 2.45) is 17.8 Å². The summed E-state index contributed by atoms with van der Waals surface area (Å²) in [5, 5.41) is 11.6. The molecule has 5 heteroatoms. The van der Waals surface area contributed by atoms with E-state index < -0.39 is 11.9 Å². The van der Waals surface area contributed by atoms with Gasteiger partial charge in [-0.15, -0.1) is 0 Å². The Balaban J connectivity index is 1.77. The number of carbonyl (C=O) groups is 2. The maximum absolute atomic E-state index is 11.7.